The highest BCUT2D eigenvalue weighted by molar-refractivity contribution is 5.80. The van der Waals surface area contributed by atoms with Gasteiger partial charge in [-0.1, -0.05) is 0 Å². The Bertz CT molecular complexity index is 572. The maximum atomic E-state index is 11.5. The molecule has 5 heteroatoms. The van der Waals surface area contributed by atoms with Crippen LogP contribution in [0.1, 0.15) is 36.1 Å². The predicted molar refractivity (Wildman–Crippen MR) is 75.2 cm³/mol. The molecule has 2 N–H and O–H groups in total. The van der Waals surface area contributed by atoms with Gasteiger partial charge in [-0.15, -0.1) is 0 Å². The molecule has 0 aliphatic heterocycles. The first-order valence-corrected chi connectivity index (χ1v) is 7.22. The Labute approximate surface area is 118 Å². The summed E-state index contributed by atoms with van der Waals surface area (Å²) < 4.78 is 0. The number of nitriles is 1. The van der Waals surface area contributed by atoms with Gasteiger partial charge < -0.3 is 10.6 Å². The minimum Gasteiger partial charge on any atom is -0.367 e. The van der Waals surface area contributed by atoms with E-state index in [-0.39, 0.29) is 11.8 Å². The Hall–Kier alpha value is -2.09. The molecule has 1 amide bonds. The van der Waals surface area contributed by atoms with Crippen molar-refractivity contribution in [2.75, 3.05) is 18.4 Å². The van der Waals surface area contributed by atoms with Crippen molar-refractivity contribution in [2.24, 2.45) is 5.92 Å². The minimum atomic E-state index is 0.147. The predicted octanol–water partition coefficient (Wildman–Crippen LogP) is 1.38. The summed E-state index contributed by atoms with van der Waals surface area (Å²) in [5.74, 6) is 1.03. The molecule has 1 fully saturated rings. The van der Waals surface area contributed by atoms with Crippen molar-refractivity contribution in [3.05, 3.63) is 22.9 Å². The first-order chi connectivity index (χ1) is 9.78. The van der Waals surface area contributed by atoms with Gasteiger partial charge in [0.1, 0.15) is 11.9 Å². The number of amides is 1. The largest absolute Gasteiger partial charge is 0.367 e. The van der Waals surface area contributed by atoms with Crippen molar-refractivity contribution in [3.63, 3.8) is 0 Å². The number of carbonyl (C=O) groups is 1. The minimum absolute atomic E-state index is 0.147. The van der Waals surface area contributed by atoms with E-state index in [9.17, 15) is 10.1 Å². The van der Waals surface area contributed by atoms with Gasteiger partial charge in [-0.05, 0) is 43.7 Å². The SMILES string of the molecule is N#Cc1cc2c(nc1NCCNC(=O)C1CC1)CCC2. The first-order valence-electron chi connectivity index (χ1n) is 7.22. The smallest absolute Gasteiger partial charge is 0.223 e. The van der Waals surface area contributed by atoms with Gasteiger partial charge in [0, 0.05) is 24.7 Å². The van der Waals surface area contributed by atoms with Crippen LogP contribution in [0.5, 0.6) is 0 Å². The highest BCUT2D eigenvalue weighted by Crippen LogP contribution is 2.28. The number of nitrogens with one attached hydrogen (secondary N) is 2. The van der Waals surface area contributed by atoms with Gasteiger partial charge in [-0.25, -0.2) is 4.98 Å². The second kappa shape index (κ2) is 5.49. The highest BCUT2D eigenvalue weighted by atomic mass is 16.2. The van der Waals surface area contributed by atoms with E-state index in [1.807, 2.05) is 6.07 Å². The molecule has 3 rings (SSSR count). The summed E-state index contributed by atoms with van der Waals surface area (Å²) in [4.78, 5) is 16.0. The molecule has 0 atom stereocenters. The Morgan fingerprint density at radius 2 is 2.25 bits per heavy atom. The topological polar surface area (TPSA) is 77.8 Å². The highest BCUT2D eigenvalue weighted by Gasteiger charge is 2.29. The van der Waals surface area contributed by atoms with E-state index in [1.54, 1.807) is 0 Å². The maximum Gasteiger partial charge on any atom is 0.223 e. The summed E-state index contributed by atoms with van der Waals surface area (Å²) in [6.07, 6.45) is 5.17. The van der Waals surface area contributed by atoms with E-state index in [0.29, 0.717) is 24.5 Å². The zero-order chi connectivity index (χ0) is 13.9. The Kier molecular flexibility index (Phi) is 3.55. The molecule has 2 aliphatic rings. The lowest BCUT2D eigenvalue weighted by Crippen LogP contribution is -2.30. The summed E-state index contributed by atoms with van der Waals surface area (Å²) in [6.45, 7) is 1.16. The lowest BCUT2D eigenvalue weighted by molar-refractivity contribution is -0.122. The molecule has 1 saturated carbocycles. The van der Waals surface area contributed by atoms with Gasteiger partial charge >= 0.3 is 0 Å². The molecule has 0 aromatic carbocycles. The monoisotopic (exact) mass is 270 g/mol. The molecule has 5 nitrogen and oxygen atoms in total. The van der Waals surface area contributed by atoms with E-state index in [1.165, 1.54) is 5.56 Å². The number of anilines is 1. The maximum absolute atomic E-state index is 11.5. The molecule has 0 bridgehead atoms. The van der Waals surface area contributed by atoms with E-state index < -0.39 is 0 Å². The third kappa shape index (κ3) is 2.74. The van der Waals surface area contributed by atoms with Crippen LogP contribution in [0.15, 0.2) is 6.07 Å². The molecule has 0 unspecified atom stereocenters. The van der Waals surface area contributed by atoms with Gasteiger partial charge in [0.2, 0.25) is 5.91 Å². The third-order valence-corrected chi connectivity index (χ3v) is 3.84. The number of nitrogens with zero attached hydrogens (tertiary/aromatic N) is 2. The number of carbonyl (C=O) groups excluding carboxylic acids is 1. The number of pyridine rings is 1. The number of hydrogen-bond acceptors (Lipinski definition) is 4. The van der Waals surface area contributed by atoms with Gasteiger partial charge in [-0.3, -0.25) is 4.79 Å². The van der Waals surface area contributed by atoms with Crippen LogP contribution in [0.4, 0.5) is 5.82 Å². The number of rotatable bonds is 5. The van der Waals surface area contributed by atoms with Crippen LogP contribution in [0.3, 0.4) is 0 Å². The van der Waals surface area contributed by atoms with Crippen LogP contribution in [-0.4, -0.2) is 24.0 Å². The van der Waals surface area contributed by atoms with Crippen LogP contribution >= 0.6 is 0 Å². The van der Waals surface area contributed by atoms with E-state index in [0.717, 1.165) is 37.8 Å². The van der Waals surface area contributed by atoms with Crippen molar-refractivity contribution in [2.45, 2.75) is 32.1 Å². The van der Waals surface area contributed by atoms with Crippen LogP contribution in [0.2, 0.25) is 0 Å². The average Bonchev–Trinajstić information content (AvgIpc) is 3.21. The first kappa shape index (κ1) is 12.9. The molecule has 20 heavy (non-hydrogen) atoms. The second-order valence-electron chi connectivity index (χ2n) is 5.45. The van der Waals surface area contributed by atoms with Gasteiger partial charge in [-0.2, -0.15) is 5.26 Å². The number of aryl methyl sites for hydroxylation is 2. The number of fused-ring (bicyclic) bond motifs is 1. The van der Waals surface area contributed by atoms with Crippen molar-refractivity contribution >= 4 is 11.7 Å². The lowest BCUT2D eigenvalue weighted by atomic mass is 10.1. The van der Waals surface area contributed by atoms with Crippen LogP contribution < -0.4 is 10.6 Å². The van der Waals surface area contributed by atoms with E-state index in [2.05, 4.69) is 21.7 Å². The Morgan fingerprint density at radius 3 is 3.00 bits per heavy atom. The van der Waals surface area contributed by atoms with E-state index in [4.69, 9.17) is 0 Å². The quantitative estimate of drug-likeness (QED) is 0.792. The van der Waals surface area contributed by atoms with E-state index >= 15 is 0 Å². The zero-order valence-electron chi connectivity index (χ0n) is 11.4. The Morgan fingerprint density at radius 1 is 1.40 bits per heavy atom. The zero-order valence-corrected chi connectivity index (χ0v) is 11.4. The summed E-state index contributed by atoms with van der Waals surface area (Å²) in [5.41, 5.74) is 2.90. The van der Waals surface area contributed by atoms with Crippen molar-refractivity contribution in [1.29, 1.82) is 5.26 Å². The van der Waals surface area contributed by atoms with Gasteiger partial charge in [0.25, 0.3) is 0 Å². The summed E-state index contributed by atoms with van der Waals surface area (Å²) in [6, 6.07) is 4.14. The normalized spacial score (nSPS) is 16.4. The molecular weight excluding hydrogens is 252 g/mol. The lowest BCUT2D eigenvalue weighted by Gasteiger charge is -2.10. The second-order valence-corrected chi connectivity index (χ2v) is 5.45. The molecule has 1 heterocycles. The van der Waals surface area contributed by atoms with Crippen molar-refractivity contribution in [1.82, 2.24) is 10.3 Å². The fourth-order valence-corrected chi connectivity index (χ4v) is 2.55. The summed E-state index contributed by atoms with van der Waals surface area (Å²) in [7, 11) is 0. The fourth-order valence-electron chi connectivity index (χ4n) is 2.55. The molecule has 2 aliphatic carbocycles. The van der Waals surface area contributed by atoms with Crippen molar-refractivity contribution in [3.8, 4) is 6.07 Å². The average molecular weight is 270 g/mol. The standard InChI is InChI=1S/C15H18N4O/c16-9-12-8-11-2-1-3-13(11)19-14(12)17-6-7-18-15(20)10-4-5-10/h8,10H,1-7H2,(H,17,19)(H,18,20). The van der Waals surface area contributed by atoms with Crippen LogP contribution in [0.25, 0.3) is 0 Å². The fraction of sp³-hybridized carbons (Fsp3) is 0.533. The van der Waals surface area contributed by atoms with Gasteiger partial charge in [0.15, 0.2) is 0 Å². The molecule has 104 valence electrons. The molecule has 0 spiro atoms. The van der Waals surface area contributed by atoms with Crippen LogP contribution in [-0.2, 0) is 17.6 Å². The number of hydrogen-bond donors (Lipinski definition) is 2. The molecule has 0 radical (unpaired) electrons. The third-order valence-electron chi connectivity index (χ3n) is 3.84. The molecule has 0 saturated heterocycles. The summed E-state index contributed by atoms with van der Waals surface area (Å²) in [5, 5.41) is 15.2. The molecular formula is C15H18N4O. The molecule has 1 aromatic heterocycles. The number of aromatic nitrogens is 1. The van der Waals surface area contributed by atoms with Gasteiger partial charge in [0.05, 0.1) is 5.56 Å². The molecule has 1 aromatic rings. The summed E-state index contributed by atoms with van der Waals surface area (Å²) >= 11 is 0. The Balaban J connectivity index is 1.56. The van der Waals surface area contributed by atoms with Crippen LogP contribution in [0, 0.1) is 17.2 Å². The van der Waals surface area contributed by atoms with Crippen molar-refractivity contribution < 1.29 is 4.79 Å².